The third-order valence-corrected chi connectivity index (χ3v) is 4.70. The number of aliphatic hydroxyl groups is 1. The molecule has 0 bridgehead atoms. The highest BCUT2D eigenvalue weighted by Gasteiger charge is 2.38. The molecule has 0 radical (unpaired) electrons. The van der Waals surface area contributed by atoms with Gasteiger partial charge in [0.1, 0.15) is 0 Å². The van der Waals surface area contributed by atoms with Crippen LogP contribution >= 0.6 is 0 Å². The van der Waals surface area contributed by atoms with Crippen molar-refractivity contribution in [2.45, 2.75) is 38.2 Å². The van der Waals surface area contributed by atoms with Crippen LogP contribution in [0.4, 0.5) is 5.69 Å². The van der Waals surface area contributed by atoms with Crippen molar-refractivity contribution < 1.29 is 9.90 Å². The van der Waals surface area contributed by atoms with E-state index in [1.807, 2.05) is 32.0 Å². The van der Waals surface area contributed by atoms with Crippen LogP contribution in [0.25, 0.3) is 0 Å². The summed E-state index contributed by atoms with van der Waals surface area (Å²) in [5.74, 6) is 0.337. The van der Waals surface area contributed by atoms with Gasteiger partial charge in [0.2, 0.25) is 5.91 Å². The van der Waals surface area contributed by atoms with E-state index in [4.69, 9.17) is 0 Å². The molecule has 1 aromatic rings. The molecule has 1 amide bonds. The number of carbonyl (C=O) groups excluding carboxylic acids is 1. The van der Waals surface area contributed by atoms with E-state index < -0.39 is 11.5 Å². The minimum Gasteiger partial charge on any atom is -0.388 e. The standard InChI is InChI=1S/C16H22N2O2/c1-16(2)12-9-11(3-4-13(12)18-15(16)20)14(19)10-5-7-17-8-6-10/h3-4,9-10,14,17,19H,5-8H2,1-2H3,(H,18,20). The zero-order valence-corrected chi connectivity index (χ0v) is 12.1. The maximum atomic E-state index is 12.0. The quantitative estimate of drug-likeness (QED) is 0.772. The average molecular weight is 274 g/mol. The normalized spacial score (nSPS) is 23.2. The Bertz CT molecular complexity index is 533. The molecule has 20 heavy (non-hydrogen) atoms. The third kappa shape index (κ3) is 2.13. The van der Waals surface area contributed by atoms with Crippen LogP contribution < -0.4 is 10.6 Å². The zero-order chi connectivity index (χ0) is 14.3. The lowest BCUT2D eigenvalue weighted by Gasteiger charge is -2.28. The summed E-state index contributed by atoms with van der Waals surface area (Å²) in [5, 5.41) is 16.8. The van der Waals surface area contributed by atoms with Crippen molar-refractivity contribution in [3.63, 3.8) is 0 Å². The van der Waals surface area contributed by atoms with Crippen LogP contribution in [-0.2, 0) is 10.2 Å². The van der Waals surface area contributed by atoms with Gasteiger partial charge >= 0.3 is 0 Å². The van der Waals surface area contributed by atoms with Gasteiger partial charge in [-0.1, -0.05) is 12.1 Å². The van der Waals surface area contributed by atoms with Crippen molar-refractivity contribution in [1.29, 1.82) is 0 Å². The molecular weight excluding hydrogens is 252 g/mol. The number of nitrogens with one attached hydrogen (secondary N) is 2. The van der Waals surface area contributed by atoms with E-state index in [-0.39, 0.29) is 5.91 Å². The Morgan fingerprint density at radius 1 is 1.30 bits per heavy atom. The topological polar surface area (TPSA) is 61.4 Å². The number of fused-ring (bicyclic) bond motifs is 1. The summed E-state index contributed by atoms with van der Waals surface area (Å²) < 4.78 is 0. The van der Waals surface area contributed by atoms with Crippen molar-refractivity contribution in [3.05, 3.63) is 29.3 Å². The molecule has 1 fully saturated rings. The molecule has 2 aliphatic heterocycles. The van der Waals surface area contributed by atoms with E-state index in [9.17, 15) is 9.90 Å². The lowest BCUT2D eigenvalue weighted by atomic mass is 9.82. The molecule has 4 nitrogen and oxygen atoms in total. The van der Waals surface area contributed by atoms with Crippen LogP contribution in [0, 0.1) is 5.92 Å². The van der Waals surface area contributed by atoms with Gasteiger partial charge in [0, 0.05) is 5.69 Å². The number of carbonyl (C=O) groups is 1. The molecule has 0 aliphatic carbocycles. The number of rotatable bonds is 2. The molecule has 2 aliphatic rings. The Morgan fingerprint density at radius 3 is 2.70 bits per heavy atom. The average Bonchev–Trinajstić information content (AvgIpc) is 2.69. The Morgan fingerprint density at radius 2 is 2.00 bits per heavy atom. The number of anilines is 1. The smallest absolute Gasteiger partial charge is 0.234 e. The molecule has 1 atom stereocenters. The molecule has 0 spiro atoms. The van der Waals surface area contributed by atoms with E-state index in [0.29, 0.717) is 5.92 Å². The van der Waals surface area contributed by atoms with E-state index >= 15 is 0 Å². The van der Waals surface area contributed by atoms with Crippen molar-refractivity contribution in [2.75, 3.05) is 18.4 Å². The van der Waals surface area contributed by atoms with Gasteiger partial charge in [0.25, 0.3) is 0 Å². The lowest BCUT2D eigenvalue weighted by Crippen LogP contribution is -2.31. The molecular formula is C16H22N2O2. The van der Waals surface area contributed by atoms with Crippen molar-refractivity contribution in [1.82, 2.24) is 5.32 Å². The highest BCUT2D eigenvalue weighted by atomic mass is 16.3. The predicted molar refractivity (Wildman–Crippen MR) is 78.7 cm³/mol. The maximum Gasteiger partial charge on any atom is 0.234 e. The third-order valence-electron chi connectivity index (χ3n) is 4.70. The fourth-order valence-electron chi connectivity index (χ4n) is 3.20. The van der Waals surface area contributed by atoms with Crippen LogP contribution in [0.3, 0.4) is 0 Å². The lowest BCUT2D eigenvalue weighted by molar-refractivity contribution is -0.119. The molecule has 108 valence electrons. The van der Waals surface area contributed by atoms with Crippen molar-refractivity contribution >= 4 is 11.6 Å². The maximum absolute atomic E-state index is 12.0. The summed E-state index contributed by atoms with van der Waals surface area (Å²) in [6.45, 7) is 5.79. The first kappa shape index (κ1) is 13.6. The second-order valence-corrected chi connectivity index (χ2v) is 6.42. The number of hydrogen-bond acceptors (Lipinski definition) is 3. The minimum atomic E-state index is -0.515. The van der Waals surface area contributed by atoms with Gasteiger partial charge in [-0.3, -0.25) is 4.79 Å². The molecule has 4 heteroatoms. The fourth-order valence-corrected chi connectivity index (χ4v) is 3.20. The molecule has 3 N–H and O–H groups in total. The summed E-state index contributed by atoms with van der Waals surface area (Å²) >= 11 is 0. The number of amides is 1. The predicted octanol–water partition coefficient (Wildman–Crippen LogP) is 1.95. The number of hydrogen-bond donors (Lipinski definition) is 3. The van der Waals surface area contributed by atoms with Gasteiger partial charge in [0.05, 0.1) is 11.5 Å². The Hall–Kier alpha value is -1.39. The summed E-state index contributed by atoms with van der Waals surface area (Å²) in [7, 11) is 0. The van der Waals surface area contributed by atoms with Gasteiger partial charge < -0.3 is 15.7 Å². The van der Waals surface area contributed by atoms with E-state index in [1.54, 1.807) is 0 Å². The Labute approximate surface area is 119 Å². The van der Waals surface area contributed by atoms with Crippen LogP contribution in [0.2, 0.25) is 0 Å². The second kappa shape index (κ2) is 4.86. The van der Waals surface area contributed by atoms with Crippen molar-refractivity contribution in [3.8, 4) is 0 Å². The molecule has 1 saturated heterocycles. The van der Waals surface area contributed by atoms with Crippen LogP contribution in [0.1, 0.15) is 43.9 Å². The Kier molecular flexibility index (Phi) is 3.30. The summed E-state index contributed by atoms with van der Waals surface area (Å²) in [6, 6.07) is 5.86. The molecule has 0 saturated carbocycles. The van der Waals surface area contributed by atoms with E-state index in [0.717, 1.165) is 42.7 Å². The van der Waals surface area contributed by atoms with Gasteiger partial charge in [-0.2, -0.15) is 0 Å². The highest BCUT2D eigenvalue weighted by molar-refractivity contribution is 6.05. The van der Waals surface area contributed by atoms with E-state index in [2.05, 4.69) is 10.6 Å². The van der Waals surface area contributed by atoms with Gasteiger partial charge in [-0.15, -0.1) is 0 Å². The zero-order valence-electron chi connectivity index (χ0n) is 12.1. The summed E-state index contributed by atoms with van der Waals surface area (Å²) in [4.78, 5) is 12.0. The number of piperidine rings is 1. The summed E-state index contributed by atoms with van der Waals surface area (Å²) in [6.07, 6.45) is 1.56. The molecule has 0 aromatic heterocycles. The minimum absolute atomic E-state index is 0.0287. The fraction of sp³-hybridized carbons (Fsp3) is 0.562. The highest BCUT2D eigenvalue weighted by Crippen LogP contribution is 2.40. The van der Waals surface area contributed by atoms with Crippen LogP contribution in [0.5, 0.6) is 0 Å². The first-order chi connectivity index (χ1) is 9.50. The largest absolute Gasteiger partial charge is 0.388 e. The molecule has 1 unspecified atom stereocenters. The molecule has 3 rings (SSSR count). The SMILES string of the molecule is CC1(C)C(=O)Nc2ccc(C(O)C3CCNCC3)cc21. The van der Waals surface area contributed by atoms with Crippen LogP contribution in [-0.4, -0.2) is 24.1 Å². The second-order valence-electron chi connectivity index (χ2n) is 6.42. The van der Waals surface area contributed by atoms with Crippen molar-refractivity contribution in [2.24, 2.45) is 5.92 Å². The first-order valence-electron chi connectivity index (χ1n) is 7.35. The first-order valence-corrected chi connectivity index (χ1v) is 7.35. The monoisotopic (exact) mass is 274 g/mol. The van der Waals surface area contributed by atoms with Gasteiger partial charge in [0.15, 0.2) is 0 Å². The molecule has 2 heterocycles. The Balaban J connectivity index is 1.89. The van der Waals surface area contributed by atoms with E-state index in [1.165, 1.54) is 0 Å². The number of aliphatic hydroxyl groups excluding tert-OH is 1. The molecule has 1 aromatic carbocycles. The van der Waals surface area contributed by atoms with Gasteiger partial charge in [-0.25, -0.2) is 0 Å². The van der Waals surface area contributed by atoms with Crippen LogP contribution in [0.15, 0.2) is 18.2 Å². The summed E-state index contributed by atoms with van der Waals surface area (Å²) in [5.41, 5.74) is 2.29. The number of benzene rings is 1. The van der Waals surface area contributed by atoms with Gasteiger partial charge in [-0.05, 0) is 62.9 Å².